The van der Waals surface area contributed by atoms with Gasteiger partial charge in [-0.05, 0) is 37.0 Å². The molecule has 5 heteroatoms. The monoisotopic (exact) mass is 257 g/mol. The van der Waals surface area contributed by atoms with Gasteiger partial charge in [-0.15, -0.1) is 0 Å². The van der Waals surface area contributed by atoms with Gasteiger partial charge in [0.05, 0.1) is 5.69 Å². The van der Waals surface area contributed by atoms with E-state index in [2.05, 4.69) is 23.5 Å². The zero-order chi connectivity index (χ0) is 14.3. The topological polar surface area (TPSA) is 98.0 Å². The Morgan fingerprint density at radius 1 is 1.53 bits per heavy atom. The predicted molar refractivity (Wildman–Crippen MR) is 78.4 cm³/mol. The van der Waals surface area contributed by atoms with Crippen LogP contribution >= 0.6 is 0 Å². The molecule has 1 aromatic rings. The highest BCUT2D eigenvalue weighted by Crippen LogP contribution is 2.17. The van der Waals surface area contributed by atoms with Crippen molar-refractivity contribution in [3.8, 4) is 6.07 Å². The highest BCUT2D eigenvalue weighted by Gasteiger charge is 2.03. The zero-order valence-electron chi connectivity index (χ0n) is 11.3. The van der Waals surface area contributed by atoms with Crippen LogP contribution in [0.15, 0.2) is 23.3 Å². The smallest absolute Gasteiger partial charge is 0.201 e. The minimum atomic E-state index is -0.341. The van der Waals surface area contributed by atoms with Gasteiger partial charge < -0.3 is 5.73 Å². The number of anilines is 1. The lowest BCUT2D eigenvalue weighted by Crippen LogP contribution is -2.21. The van der Waals surface area contributed by atoms with E-state index < -0.39 is 0 Å². The molecule has 0 radical (unpaired) electrons. The van der Waals surface area contributed by atoms with Gasteiger partial charge in [0.2, 0.25) is 5.71 Å². The summed E-state index contributed by atoms with van der Waals surface area (Å²) in [6.45, 7) is 4.15. The molecule has 0 unspecified atom stereocenters. The van der Waals surface area contributed by atoms with Gasteiger partial charge in [-0.3, -0.25) is 10.8 Å². The van der Waals surface area contributed by atoms with Crippen molar-refractivity contribution in [3.63, 3.8) is 0 Å². The van der Waals surface area contributed by atoms with Crippen LogP contribution in [0.1, 0.15) is 30.9 Å². The van der Waals surface area contributed by atoms with Crippen LogP contribution in [-0.2, 0) is 6.42 Å². The molecule has 1 rings (SSSR count). The first-order valence-electron chi connectivity index (χ1n) is 6.26. The third-order valence-electron chi connectivity index (χ3n) is 2.76. The van der Waals surface area contributed by atoms with Gasteiger partial charge in [-0.25, -0.2) is 0 Å². The summed E-state index contributed by atoms with van der Waals surface area (Å²) in [7, 11) is 0. The molecule has 0 atom stereocenters. The largest absolute Gasteiger partial charge is 0.382 e. The van der Waals surface area contributed by atoms with Crippen molar-refractivity contribution in [2.45, 2.75) is 33.1 Å². The molecule has 4 N–H and O–H groups in total. The summed E-state index contributed by atoms with van der Waals surface area (Å²) in [6, 6.07) is 7.84. The van der Waals surface area contributed by atoms with Crippen molar-refractivity contribution in [2.75, 3.05) is 5.43 Å². The van der Waals surface area contributed by atoms with Crippen LogP contribution in [0.5, 0.6) is 0 Å². The molecular formula is C14H19N5. The van der Waals surface area contributed by atoms with E-state index in [9.17, 15) is 0 Å². The number of nitriles is 1. The maximum absolute atomic E-state index is 8.74. The van der Waals surface area contributed by atoms with Gasteiger partial charge in [-0.1, -0.05) is 25.5 Å². The van der Waals surface area contributed by atoms with Crippen molar-refractivity contribution < 1.29 is 0 Å². The number of hydrogen-bond acceptors (Lipinski definition) is 4. The summed E-state index contributed by atoms with van der Waals surface area (Å²) in [4.78, 5) is 0. The third-order valence-corrected chi connectivity index (χ3v) is 2.76. The van der Waals surface area contributed by atoms with E-state index in [1.165, 1.54) is 18.4 Å². The van der Waals surface area contributed by atoms with E-state index in [0.717, 1.165) is 17.7 Å². The molecule has 0 amide bonds. The van der Waals surface area contributed by atoms with Gasteiger partial charge in [0.25, 0.3) is 0 Å². The van der Waals surface area contributed by atoms with Crippen molar-refractivity contribution in [3.05, 3.63) is 29.3 Å². The number of amidine groups is 1. The van der Waals surface area contributed by atoms with Gasteiger partial charge >= 0.3 is 0 Å². The van der Waals surface area contributed by atoms with Gasteiger partial charge in [-0.2, -0.15) is 10.4 Å². The van der Waals surface area contributed by atoms with E-state index in [4.69, 9.17) is 16.4 Å². The molecule has 0 saturated carbocycles. The Bertz CT molecular complexity index is 525. The van der Waals surface area contributed by atoms with E-state index in [0.29, 0.717) is 0 Å². The maximum atomic E-state index is 8.74. The standard InChI is InChI=1S/C14H19N5/c1-3-4-5-11-6-7-12(10(2)8-11)18-19-13(9-15)14(16)17/h6-8,18H,3-5H2,1-2H3,(H3,16,17)/b19-13+. The summed E-state index contributed by atoms with van der Waals surface area (Å²) < 4.78 is 0. The molecule has 1 aromatic carbocycles. The van der Waals surface area contributed by atoms with Crippen molar-refractivity contribution in [1.82, 2.24) is 0 Å². The Hall–Kier alpha value is -2.35. The van der Waals surface area contributed by atoms with E-state index in [1.807, 2.05) is 19.1 Å². The molecular weight excluding hydrogens is 238 g/mol. The summed E-state index contributed by atoms with van der Waals surface area (Å²) >= 11 is 0. The molecule has 0 saturated heterocycles. The van der Waals surface area contributed by atoms with Crippen molar-refractivity contribution in [1.29, 1.82) is 10.7 Å². The normalized spacial score (nSPS) is 10.9. The second-order valence-electron chi connectivity index (χ2n) is 4.35. The molecule has 0 spiro atoms. The number of nitrogens with two attached hydrogens (primary N) is 1. The minimum Gasteiger partial charge on any atom is -0.382 e. The molecule has 100 valence electrons. The maximum Gasteiger partial charge on any atom is 0.201 e. The van der Waals surface area contributed by atoms with Crippen molar-refractivity contribution in [2.24, 2.45) is 10.8 Å². The zero-order valence-corrected chi connectivity index (χ0v) is 11.3. The first-order valence-corrected chi connectivity index (χ1v) is 6.26. The molecule has 0 aliphatic rings. The lowest BCUT2D eigenvalue weighted by Gasteiger charge is -2.08. The minimum absolute atomic E-state index is 0.116. The highest BCUT2D eigenvalue weighted by atomic mass is 15.3. The molecule has 0 aliphatic carbocycles. The number of hydrazone groups is 1. The summed E-state index contributed by atoms with van der Waals surface area (Å²) in [5.41, 5.74) is 11.0. The second-order valence-corrected chi connectivity index (χ2v) is 4.35. The fourth-order valence-electron chi connectivity index (χ4n) is 1.65. The fourth-order valence-corrected chi connectivity index (χ4v) is 1.65. The Balaban J connectivity index is 2.81. The number of nitrogens with zero attached hydrogens (tertiary/aromatic N) is 2. The molecule has 0 aliphatic heterocycles. The first-order chi connectivity index (χ1) is 9.08. The van der Waals surface area contributed by atoms with Gasteiger partial charge in [0, 0.05) is 0 Å². The van der Waals surface area contributed by atoms with Crippen LogP contribution in [-0.4, -0.2) is 11.5 Å². The lowest BCUT2D eigenvalue weighted by molar-refractivity contribution is 0.794. The van der Waals surface area contributed by atoms with Crippen LogP contribution in [0.25, 0.3) is 0 Å². The van der Waals surface area contributed by atoms with Crippen LogP contribution < -0.4 is 11.2 Å². The molecule has 0 fully saturated rings. The first kappa shape index (κ1) is 14.7. The SMILES string of the molecule is CCCCc1ccc(N/N=C(\C#N)C(=N)N)c(C)c1. The number of benzene rings is 1. The van der Waals surface area contributed by atoms with Gasteiger partial charge in [0.15, 0.2) is 5.84 Å². The average Bonchev–Trinajstić information content (AvgIpc) is 2.38. The fraction of sp³-hybridized carbons (Fsp3) is 0.357. The molecule has 5 nitrogen and oxygen atoms in total. The van der Waals surface area contributed by atoms with Gasteiger partial charge in [0.1, 0.15) is 6.07 Å². The number of rotatable bonds is 6. The summed E-state index contributed by atoms with van der Waals surface area (Å²) in [6.07, 6.45) is 3.42. The van der Waals surface area contributed by atoms with Crippen LogP contribution in [0.3, 0.4) is 0 Å². The number of nitrogens with one attached hydrogen (secondary N) is 2. The third kappa shape index (κ3) is 4.43. The number of aryl methyl sites for hydroxylation is 2. The number of unbranched alkanes of at least 4 members (excludes halogenated alkanes) is 1. The summed E-state index contributed by atoms with van der Waals surface area (Å²) in [5, 5.41) is 19.7. The van der Waals surface area contributed by atoms with Crippen molar-refractivity contribution >= 4 is 17.2 Å². The van der Waals surface area contributed by atoms with Crippen LogP contribution in [0, 0.1) is 23.7 Å². The molecule has 0 aromatic heterocycles. The Morgan fingerprint density at radius 2 is 2.26 bits per heavy atom. The van der Waals surface area contributed by atoms with E-state index in [-0.39, 0.29) is 11.5 Å². The van der Waals surface area contributed by atoms with Crippen LogP contribution in [0.4, 0.5) is 5.69 Å². The van der Waals surface area contributed by atoms with E-state index >= 15 is 0 Å². The molecule has 0 bridgehead atoms. The second kappa shape index (κ2) is 7.17. The van der Waals surface area contributed by atoms with Crippen LogP contribution in [0.2, 0.25) is 0 Å². The predicted octanol–water partition coefficient (Wildman–Crippen LogP) is 2.57. The molecule has 0 heterocycles. The summed E-state index contributed by atoms with van der Waals surface area (Å²) in [5.74, 6) is -0.341. The Labute approximate surface area is 113 Å². The average molecular weight is 257 g/mol. The Morgan fingerprint density at radius 3 is 2.79 bits per heavy atom. The van der Waals surface area contributed by atoms with E-state index in [1.54, 1.807) is 6.07 Å². The molecule has 19 heavy (non-hydrogen) atoms. The number of hydrogen-bond donors (Lipinski definition) is 3. The quantitative estimate of drug-likeness (QED) is 0.415. The Kier molecular flexibility index (Phi) is 5.55. The highest BCUT2D eigenvalue weighted by molar-refractivity contribution is 6.45. The lowest BCUT2D eigenvalue weighted by atomic mass is 10.0.